The van der Waals surface area contributed by atoms with Gasteiger partial charge >= 0.3 is 6.09 Å². The van der Waals surface area contributed by atoms with Crippen LogP contribution < -0.4 is 5.32 Å². The number of rotatable bonds is 2. The molecule has 1 aliphatic heterocycles. The Balaban J connectivity index is 1.71. The number of amides is 1. The van der Waals surface area contributed by atoms with Crippen LogP contribution in [0, 0.1) is 0 Å². The van der Waals surface area contributed by atoms with Crippen molar-refractivity contribution in [2.75, 3.05) is 13.1 Å². The van der Waals surface area contributed by atoms with Gasteiger partial charge in [-0.1, -0.05) is 0 Å². The third kappa shape index (κ3) is 3.37. The average molecular weight is 226 g/mol. The van der Waals surface area contributed by atoms with Crippen LogP contribution >= 0.6 is 0 Å². The second-order valence-electron chi connectivity index (χ2n) is 5.86. The predicted molar refractivity (Wildman–Crippen MR) is 62.4 cm³/mol. The first-order valence-corrected chi connectivity index (χ1v) is 6.17. The summed E-state index contributed by atoms with van der Waals surface area (Å²) < 4.78 is 5.24. The Kier molecular flexibility index (Phi) is 3.10. The molecule has 0 bridgehead atoms. The Labute approximate surface area is 97.3 Å². The predicted octanol–water partition coefficient (Wildman–Crippen LogP) is 1.75. The third-order valence-corrected chi connectivity index (χ3v) is 3.00. The van der Waals surface area contributed by atoms with Gasteiger partial charge in [0.25, 0.3) is 0 Å². The minimum Gasteiger partial charge on any atom is -0.444 e. The lowest BCUT2D eigenvalue weighted by Crippen LogP contribution is -2.40. The molecule has 1 saturated heterocycles. The van der Waals surface area contributed by atoms with Gasteiger partial charge in [-0.3, -0.25) is 4.90 Å². The molecule has 0 radical (unpaired) electrons. The van der Waals surface area contributed by atoms with Crippen LogP contribution in [0.2, 0.25) is 0 Å². The van der Waals surface area contributed by atoms with E-state index in [-0.39, 0.29) is 12.1 Å². The standard InChI is InChI=1S/C12H22N2O2/c1-12(2,3)16-11(15)13-9-6-7-14(8-9)10-4-5-10/h9-10H,4-8H2,1-3H3,(H,13,15)/t9-/m1/s1. The summed E-state index contributed by atoms with van der Waals surface area (Å²) in [4.78, 5) is 14.0. The van der Waals surface area contributed by atoms with Crippen LogP contribution in [0.15, 0.2) is 0 Å². The smallest absolute Gasteiger partial charge is 0.407 e. The summed E-state index contributed by atoms with van der Waals surface area (Å²) in [6.45, 7) is 7.77. The molecule has 0 unspecified atom stereocenters. The molecular weight excluding hydrogens is 204 g/mol. The SMILES string of the molecule is CC(C)(C)OC(=O)N[C@@H]1CCN(C2CC2)C1. The summed E-state index contributed by atoms with van der Waals surface area (Å²) in [5.74, 6) is 0. The molecule has 2 rings (SSSR count). The highest BCUT2D eigenvalue weighted by molar-refractivity contribution is 5.68. The van der Waals surface area contributed by atoms with E-state index in [0.717, 1.165) is 25.6 Å². The maximum atomic E-state index is 11.6. The molecule has 92 valence electrons. The van der Waals surface area contributed by atoms with Gasteiger partial charge < -0.3 is 10.1 Å². The van der Waals surface area contributed by atoms with Crippen LogP contribution in [-0.4, -0.2) is 41.8 Å². The van der Waals surface area contributed by atoms with Crippen molar-refractivity contribution in [1.29, 1.82) is 0 Å². The van der Waals surface area contributed by atoms with E-state index in [1.165, 1.54) is 12.8 Å². The monoisotopic (exact) mass is 226 g/mol. The molecule has 1 aliphatic carbocycles. The molecule has 1 saturated carbocycles. The molecule has 0 aromatic rings. The van der Waals surface area contributed by atoms with Gasteiger partial charge in [-0.15, -0.1) is 0 Å². The Morgan fingerprint density at radius 1 is 1.31 bits per heavy atom. The van der Waals surface area contributed by atoms with Crippen molar-refractivity contribution in [3.8, 4) is 0 Å². The van der Waals surface area contributed by atoms with Gasteiger partial charge in [0.2, 0.25) is 0 Å². The van der Waals surface area contributed by atoms with Gasteiger partial charge in [-0.2, -0.15) is 0 Å². The summed E-state index contributed by atoms with van der Waals surface area (Å²) in [6, 6.07) is 1.07. The van der Waals surface area contributed by atoms with Crippen molar-refractivity contribution in [3.05, 3.63) is 0 Å². The second-order valence-corrected chi connectivity index (χ2v) is 5.86. The maximum Gasteiger partial charge on any atom is 0.407 e. The first-order chi connectivity index (χ1) is 7.44. The molecule has 16 heavy (non-hydrogen) atoms. The lowest BCUT2D eigenvalue weighted by Gasteiger charge is -2.22. The lowest BCUT2D eigenvalue weighted by molar-refractivity contribution is 0.0505. The van der Waals surface area contributed by atoms with E-state index < -0.39 is 5.60 Å². The molecule has 0 aromatic carbocycles. The highest BCUT2D eigenvalue weighted by atomic mass is 16.6. The summed E-state index contributed by atoms with van der Waals surface area (Å²) in [7, 11) is 0. The van der Waals surface area contributed by atoms with Gasteiger partial charge in [0.15, 0.2) is 0 Å². The topological polar surface area (TPSA) is 41.6 Å². The highest BCUT2D eigenvalue weighted by Gasteiger charge is 2.35. The Morgan fingerprint density at radius 2 is 2.00 bits per heavy atom. The molecule has 0 spiro atoms. The summed E-state index contributed by atoms with van der Waals surface area (Å²) in [6.07, 6.45) is 3.43. The second kappa shape index (κ2) is 4.24. The molecular formula is C12H22N2O2. The van der Waals surface area contributed by atoms with Crippen molar-refractivity contribution >= 4 is 6.09 Å². The van der Waals surface area contributed by atoms with Gasteiger partial charge in [0, 0.05) is 25.2 Å². The minimum absolute atomic E-state index is 0.274. The molecule has 0 aromatic heterocycles. The van der Waals surface area contributed by atoms with E-state index >= 15 is 0 Å². The van der Waals surface area contributed by atoms with Gasteiger partial charge in [-0.05, 0) is 40.0 Å². The van der Waals surface area contributed by atoms with Crippen LogP contribution in [0.3, 0.4) is 0 Å². The minimum atomic E-state index is -0.404. The van der Waals surface area contributed by atoms with Gasteiger partial charge in [0.05, 0.1) is 0 Å². The number of alkyl carbamates (subject to hydrolysis) is 1. The number of carbonyl (C=O) groups is 1. The highest BCUT2D eigenvalue weighted by Crippen LogP contribution is 2.29. The number of hydrogen-bond donors (Lipinski definition) is 1. The Morgan fingerprint density at radius 3 is 2.56 bits per heavy atom. The van der Waals surface area contributed by atoms with E-state index in [0.29, 0.717) is 0 Å². The van der Waals surface area contributed by atoms with Gasteiger partial charge in [0.1, 0.15) is 5.60 Å². The lowest BCUT2D eigenvalue weighted by atomic mass is 10.2. The molecule has 2 fully saturated rings. The van der Waals surface area contributed by atoms with Crippen molar-refractivity contribution in [2.45, 2.75) is 57.7 Å². The average Bonchev–Trinajstić information content (AvgIpc) is 2.85. The van der Waals surface area contributed by atoms with Crippen molar-refractivity contribution < 1.29 is 9.53 Å². The normalized spacial score (nSPS) is 26.8. The fourth-order valence-electron chi connectivity index (χ4n) is 2.15. The quantitative estimate of drug-likeness (QED) is 0.780. The van der Waals surface area contributed by atoms with E-state index in [1.54, 1.807) is 0 Å². The van der Waals surface area contributed by atoms with E-state index in [4.69, 9.17) is 4.74 Å². The zero-order valence-corrected chi connectivity index (χ0v) is 10.5. The van der Waals surface area contributed by atoms with Crippen molar-refractivity contribution in [3.63, 3.8) is 0 Å². The molecule has 2 aliphatic rings. The number of carbonyl (C=O) groups excluding carboxylic acids is 1. The van der Waals surface area contributed by atoms with Crippen LogP contribution in [0.5, 0.6) is 0 Å². The van der Waals surface area contributed by atoms with Gasteiger partial charge in [-0.25, -0.2) is 4.79 Å². The number of nitrogens with zero attached hydrogens (tertiary/aromatic N) is 1. The van der Waals surface area contributed by atoms with E-state index in [1.807, 2.05) is 20.8 Å². The Hall–Kier alpha value is -0.770. The molecule has 4 heteroatoms. The van der Waals surface area contributed by atoms with Crippen molar-refractivity contribution in [2.24, 2.45) is 0 Å². The number of hydrogen-bond acceptors (Lipinski definition) is 3. The summed E-state index contributed by atoms with van der Waals surface area (Å²) >= 11 is 0. The fourth-order valence-corrected chi connectivity index (χ4v) is 2.15. The first-order valence-electron chi connectivity index (χ1n) is 6.17. The summed E-state index contributed by atoms with van der Waals surface area (Å²) in [5, 5.41) is 2.95. The zero-order chi connectivity index (χ0) is 11.8. The maximum absolute atomic E-state index is 11.6. The Bertz CT molecular complexity index is 269. The fraction of sp³-hybridized carbons (Fsp3) is 0.917. The van der Waals surface area contributed by atoms with Crippen LogP contribution in [0.4, 0.5) is 4.79 Å². The van der Waals surface area contributed by atoms with E-state index in [2.05, 4.69) is 10.2 Å². The molecule has 1 amide bonds. The largest absolute Gasteiger partial charge is 0.444 e. The molecule has 1 heterocycles. The van der Waals surface area contributed by atoms with Crippen LogP contribution in [-0.2, 0) is 4.74 Å². The number of nitrogens with one attached hydrogen (secondary N) is 1. The van der Waals surface area contributed by atoms with Crippen molar-refractivity contribution in [1.82, 2.24) is 10.2 Å². The molecule has 1 atom stereocenters. The number of likely N-dealkylation sites (tertiary alicyclic amines) is 1. The van der Waals surface area contributed by atoms with Crippen LogP contribution in [0.1, 0.15) is 40.0 Å². The molecule has 1 N–H and O–H groups in total. The number of ether oxygens (including phenoxy) is 1. The van der Waals surface area contributed by atoms with Crippen LogP contribution in [0.25, 0.3) is 0 Å². The van der Waals surface area contributed by atoms with E-state index in [9.17, 15) is 4.79 Å². The summed E-state index contributed by atoms with van der Waals surface area (Å²) in [5.41, 5.74) is -0.404. The third-order valence-electron chi connectivity index (χ3n) is 3.00. The zero-order valence-electron chi connectivity index (χ0n) is 10.5. The first kappa shape index (κ1) is 11.7. The molecule has 4 nitrogen and oxygen atoms in total.